The van der Waals surface area contributed by atoms with Crippen molar-refractivity contribution in [2.24, 2.45) is 5.92 Å². The Labute approximate surface area is 125 Å². The molecule has 2 fully saturated rings. The van der Waals surface area contributed by atoms with Gasteiger partial charge in [0, 0.05) is 44.5 Å². The highest BCUT2D eigenvalue weighted by Gasteiger charge is 2.29. The number of carbonyl (C=O) groups is 1. The Morgan fingerprint density at radius 3 is 2.76 bits per heavy atom. The lowest BCUT2D eigenvalue weighted by Gasteiger charge is -2.37. The molecule has 114 valence electrons. The molecule has 1 atom stereocenters. The largest absolute Gasteiger partial charge is 0.497 e. The van der Waals surface area contributed by atoms with Gasteiger partial charge in [0.25, 0.3) is 0 Å². The smallest absolute Gasteiger partial charge is 0.227 e. The lowest BCUT2D eigenvalue weighted by molar-refractivity contribution is -0.135. The van der Waals surface area contributed by atoms with Gasteiger partial charge in [-0.15, -0.1) is 0 Å². The van der Waals surface area contributed by atoms with Gasteiger partial charge in [0.2, 0.25) is 5.91 Å². The number of amides is 1. The van der Waals surface area contributed by atoms with Crippen molar-refractivity contribution < 1.29 is 9.53 Å². The van der Waals surface area contributed by atoms with E-state index in [0.717, 1.165) is 51.4 Å². The van der Waals surface area contributed by atoms with E-state index in [4.69, 9.17) is 4.74 Å². The highest BCUT2D eigenvalue weighted by molar-refractivity contribution is 5.79. The van der Waals surface area contributed by atoms with E-state index in [1.54, 1.807) is 7.11 Å². The minimum absolute atomic E-state index is 0.188. The number of rotatable bonds is 3. The summed E-state index contributed by atoms with van der Waals surface area (Å²) >= 11 is 0. The molecule has 5 heteroatoms. The molecule has 1 N–H and O–H groups in total. The van der Waals surface area contributed by atoms with Crippen molar-refractivity contribution in [3.8, 4) is 5.75 Å². The molecule has 2 aliphatic rings. The van der Waals surface area contributed by atoms with Crippen LogP contribution in [0.5, 0.6) is 5.75 Å². The minimum atomic E-state index is 0.188. The average Bonchev–Trinajstić information content (AvgIpc) is 3.09. The molecule has 2 heterocycles. The van der Waals surface area contributed by atoms with Crippen LogP contribution in [0.4, 0.5) is 5.69 Å². The number of ether oxygens (including phenoxy) is 1. The minimum Gasteiger partial charge on any atom is -0.497 e. The zero-order chi connectivity index (χ0) is 14.7. The molecule has 0 aliphatic carbocycles. The lowest BCUT2D eigenvalue weighted by atomic mass is 10.1. The first-order valence-corrected chi connectivity index (χ1v) is 7.66. The van der Waals surface area contributed by atoms with E-state index in [2.05, 4.69) is 22.3 Å². The molecule has 1 aromatic rings. The normalized spacial score (nSPS) is 22.4. The van der Waals surface area contributed by atoms with Crippen molar-refractivity contribution in [3.63, 3.8) is 0 Å². The Morgan fingerprint density at radius 1 is 1.29 bits per heavy atom. The molecule has 3 rings (SSSR count). The summed E-state index contributed by atoms with van der Waals surface area (Å²) in [5.41, 5.74) is 1.17. The standard InChI is InChI=1S/C16H23N3O2/c1-21-15-4-2-3-14(11-15)18-7-9-19(10-8-18)16(20)13-5-6-17-12-13/h2-4,11,13,17H,5-10,12H2,1H3. The molecule has 5 nitrogen and oxygen atoms in total. The van der Waals surface area contributed by atoms with Crippen LogP contribution in [0, 0.1) is 5.92 Å². The third kappa shape index (κ3) is 3.13. The van der Waals surface area contributed by atoms with E-state index in [1.807, 2.05) is 17.0 Å². The summed E-state index contributed by atoms with van der Waals surface area (Å²) in [5, 5.41) is 3.27. The van der Waals surface area contributed by atoms with Crippen molar-refractivity contribution in [3.05, 3.63) is 24.3 Å². The first-order chi connectivity index (χ1) is 10.3. The number of hydrogen-bond acceptors (Lipinski definition) is 4. The van der Waals surface area contributed by atoms with Crippen LogP contribution in [0.2, 0.25) is 0 Å². The third-order valence-corrected chi connectivity index (χ3v) is 4.42. The third-order valence-electron chi connectivity index (χ3n) is 4.42. The predicted molar refractivity (Wildman–Crippen MR) is 82.8 cm³/mol. The zero-order valence-corrected chi connectivity index (χ0v) is 12.5. The van der Waals surface area contributed by atoms with Gasteiger partial charge in [0.05, 0.1) is 13.0 Å². The first-order valence-electron chi connectivity index (χ1n) is 7.66. The molecule has 0 bridgehead atoms. The fourth-order valence-corrected chi connectivity index (χ4v) is 3.12. The summed E-state index contributed by atoms with van der Waals surface area (Å²) in [6.07, 6.45) is 0.981. The number of nitrogens with zero attached hydrogens (tertiary/aromatic N) is 2. The molecule has 1 aromatic carbocycles. The Morgan fingerprint density at radius 2 is 2.10 bits per heavy atom. The van der Waals surface area contributed by atoms with E-state index in [-0.39, 0.29) is 5.92 Å². The molecule has 1 amide bonds. The van der Waals surface area contributed by atoms with E-state index >= 15 is 0 Å². The fourth-order valence-electron chi connectivity index (χ4n) is 3.12. The second kappa shape index (κ2) is 6.35. The van der Waals surface area contributed by atoms with Gasteiger partial charge in [-0.05, 0) is 25.1 Å². The van der Waals surface area contributed by atoms with Gasteiger partial charge in [-0.3, -0.25) is 4.79 Å². The molecular formula is C16H23N3O2. The fraction of sp³-hybridized carbons (Fsp3) is 0.562. The Kier molecular flexibility index (Phi) is 4.29. The predicted octanol–water partition coefficient (Wildman–Crippen LogP) is 0.953. The summed E-state index contributed by atoms with van der Waals surface area (Å²) in [6, 6.07) is 8.12. The Balaban J connectivity index is 1.58. The van der Waals surface area contributed by atoms with Crippen LogP contribution in [0.15, 0.2) is 24.3 Å². The highest BCUT2D eigenvalue weighted by Crippen LogP contribution is 2.22. The van der Waals surface area contributed by atoms with Crippen LogP contribution in [0.1, 0.15) is 6.42 Å². The monoisotopic (exact) mass is 289 g/mol. The van der Waals surface area contributed by atoms with E-state index < -0.39 is 0 Å². The van der Waals surface area contributed by atoms with Crippen molar-refractivity contribution in [2.75, 3.05) is 51.3 Å². The molecule has 1 unspecified atom stereocenters. The Bertz CT molecular complexity index is 492. The molecule has 0 radical (unpaired) electrons. The van der Waals surface area contributed by atoms with Crippen LogP contribution in [-0.2, 0) is 4.79 Å². The topological polar surface area (TPSA) is 44.8 Å². The van der Waals surface area contributed by atoms with Gasteiger partial charge in [-0.25, -0.2) is 0 Å². The van der Waals surface area contributed by atoms with Gasteiger partial charge in [0.15, 0.2) is 0 Å². The van der Waals surface area contributed by atoms with Crippen LogP contribution in [-0.4, -0.2) is 57.2 Å². The van der Waals surface area contributed by atoms with E-state index in [1.165, 1.54) is 5.69 Å². The average molecular weight is 289 g/mol. The molecule has 0 spiro atoms. The molecule has 0 saturated carbocycles. The van der Waals surface area contributed by atoms with Crippen LogP contribution >= 0.6 is 0 Å². The second-order valence-corrected chi connectivity index (χ2v) is 5.70. The van der Waals surface area contributed by atoms with Crippen LogP contribution in [0.3, 0.4) is 0 Å². The highest BCUT2D eigenvalue weighted by atomic mass is 16.5. The maximum absolute atomic E-state index is 12.4. The summed E-state index contributed by atoms with van der Waals surface area (Å²) in [6.45, 7) is 5.21. The summed E-state index contributed by atoms with van der Waals surface area (Å²) in [5.74, 6) is 1.39. The zero-order valence-electron chi connectivity index (χ0n) is 12.5. The summed E-state index contributed by atoms with van der Waals surface area (Å²) in [7, 11) is 1.69. The molecular weight excluding hydrogens is 266 g/mol. The number of nitrogens with one attached hydrogen (secondary N) is 1. The van der Waals surface area contributed by atoms with Crippen molar-refractivity contribution >= 4 is 11.6 Å². The van der Waals surface area contributed by atoms with Gasteiger partial charge in [-0.2, -0.15) is 0 Å². The van der Waals surface area contributed by atoms with E-state index in [0.29, 0.717) is 5.91 Å². The molecule has 2 saturated heterocycles. The summed E-state index contributed by atoms with van der Waals surface area (Å²) in [4.78, 5) is 16.7. The number of hydrogen-bond donors (Lipinski definition) is 1. The van der Waals surface area contributed by atoms with Gasteiger partial charge in [-0.1, -0.05) is 6.07 Å². The Hall–Kier alpha value is -1.75. The van der Waals surface area contributed by atoms with E-state index in [9.17, 15) is 4.79 Å². The van der Waals surface area contributed by atoms with Crippen molar-refractivity contribution in [2.45, 2.75) is 6.42 Å². The van der Waals surface area contributed by atoms with Crippen molar-refractivity contribution in [1.29, 1.82) is 0 Å². The number of carbonyl (C=O) groups excluding carboxylic acids is 1. The SMILES string of the molecule is COc1cccc(N2CCN(C(=O)C3CCNC3)CC2)c1. The maximum atomic E-state index is 12.4. The molecule has 21 heavy (non-hydrogen) atoms. The number of anilines is 1. The van der Waals surface area contributed by atoms with Crippen LogP contribution < -0.4 is 15.0 Å². The summed E-state index contributed by atoms with van der Waals surface area (Å²) < 4.78 is 5.27. The molecule has 2 aliphatic heterocycles. The van der Waals surface area contributed by atoms with Gasteiger partial charge < -0.3 is 19.9 Å². The number of methoxy groups -OCH3 is 1. The quantitative estimate of drug-likeness (QED) is 0.900. The second-order valence-electron chi connectivity index (χ2n) is 5.70. The number of benzene rings is 1. The maximum Gasteiger partial charge on any atom is 0.227 e. The van der Waals surface area contributed by atoms with Gasteiger partial charge in [0.1, 0.15) is 5.75 Å². The lowest BCUT2D eigenvalue weighted by Crippen LogP contribution is -2.50. The molecule has 0 aromatic heterocycles. The van der Waals surface area contributed by atoms with Gasteiger partial charge >= 0.3 is 0 Å². The first kappa shape index (κ1) is 14.2. The van der Waals surface area contributed by atoms with Crippen LogP contribution in [0.25, 0.3) is 0 Å². The number of piperazine rings is 1. The van der Waals surface area contributed by atoms with Crippen molar-refractivity contribution in [1.82, 2.24) is 10.2 Å².